The highest BCUT2D eigenvalue weighted by Crippen LogP contribution is 2.55. The average molecular weight is 1160 g/mol. The number of halogens is 20. The van der Waals surface area contributed by atoms with Crippen LogP contribution in [0.5, 0.6) is 0 Å². The molecule has 81 heavy (non-hydrogen) atoms. The summed E-state index contributed by atoms with van der Waals surface area (Å²) in [5.74, 6) is -71.6. The van der Waals surface area contributed by atoms with Crippen LogP contribution >= 0.6 is 7.26 Å². The van der Waals surface area contributed by atoms with E-state index in [2.05, 4.69) is 36.4 Å². The van der Waals surface area contributed by atoms with Crippen LogP contribution in [0, 0.1) is 116 Å². The molecule has 0 radical (unpaired) electrons. The van der Waals surface area contributed by atoms with Gasteiger partial charge in [0, 0.05) is 16.7 Å². The fraction of sp³-hybridized carbons (Fsp3) is 0.0175. The number of hydrogen-bond donors (Lipinski definition) is 0. The molecule has 414 valence electrons. The summed E-state index contributed by atoms with van der Waals surface area (Å²) >= 11 is 0. The third-order valence-electron chi connectivity index (χ3n) is 13.2. The molecule has 0 atom stereocenters. The van der Waals surface area contributed by atoms with Gasteiger partial charge in [-0.25, -0.2) is 87.8 Å². The molecule has 0 amide bonds. The van der Waals surface area contributed by atoms with E-state index in [4.69, 9.17) is 0 Å². The Kier molecular flexibility index (Phi) is 16.5. The predicted molar refractivity (Wildman–Crippen MR) is 260 cm³/mol. The molecule has 0 bridgehead atoms. The first kappa shape index (κ1) is 58.6. The van der Waals surface area contributed by atoms with E-state index >= 15 is 35.1 Å². The zero-order chi connectivity index (χ0) is 59.2. The first-order chi connectivity index (χ1) is 38.4. The van der Waals surface area contributed by atoms with Crippen LogP contribution in [-0.4, -0.2) is 23.9 Å². The summed E-state index contributed by atoms with van der Waals surface area (Å²) in [7, 11) is -2.36. The van der Waals surface area contributed by atoms with Crippen molar-refractivity contribution in [2.45, 2.75) is 0 Å². The molecule has 0 aliphatic rings. The minimum atomic E-state index is -7.22. The molecule has 9 rings (SSSR count). The Balaban J connectivity index is 0.000000217. The maximum Gasteiger partial charge on any atom is 0.201 e. The fourth-order valence-corrected chi connectivity index (χ4v) is 13.7. The summed E-state index contributed by atoms with van der Waals surface area (Å²) in [5.41, 5.74) is -12.8. The van der Waals surface area contributed by atoms with Crippen molar-refractivity contribution in [2.24, 2.45) is 0 Å². The van der Waals surface area contributed by atoms with Crippen LogP contribution in [0.15, 0.2) is 146 Å². The number of benzene rings is 9. The molecule has 0 heterocycles. The topological polar surface area (TPSA) is 34.1 Å². The van der Waals surface area contributed by atoms with Gasteiger partial charge >= 0.3 is 0 Å². The Hall–Kier alpha value is -8.59. The van der Waals surface area contributed by atoms with Crippen LogP contribution in [-0.2, 0) is 0 Å². The summed E-state index contributed by atoms with van der Waals surface area (Å²) < 4.78 is 294. The van der Waals surface area contributed by atoms with Crippen molar-refractivity contribution in [3.8, 4) is 0 Å². The second-order valence-corrected chi connectivity index (χ2v) is 20.9. The van der Waals surface area contributed by atoms with E-state index in [-0.39, 0.29) is 11.6 Å². The number of ketones is 2. The molecule has 0 spiro atoms. The molecule has 0 saturated heterocycles. The molecule has 0 aromatic heterocycles. The summed E-state index contributed by atoms with van der Waals surface area (Å²) in [6.45, 7) is 0. The molecule has 0 saturated carbocycles. The van der Waals surface area contributed by atoms with Crippen molar-refractivity contribution in [1.82, 2.24) is 0 Å². The first-order valence-electron chi connectivity index (χ1n) is 22.9. The van der Waals surface area contributed by atoms with Gasteiger partial charge in [0.25, 0.3) is 0 Å². The minimum Gasteiger partial charge on any atom is -0.290 e. The van der Waals surface area contributed by atoms with E-state index in [1.165, 1.54) is 0 Å². The third-order valence-corrected chi connectivity index (χ3v) is 17.5. The van der Waals surface area contributed by atoms with Gasteiger partial charge in [0.05, 0.1) is 0 Å². The molecule has 0 N–H and O–H groups in total. The second kappa shape index (κ2) is 22.9. The summed E-state index contributed by atoms with van der Waals surface area (Å²) in [6, 6.07) is 47.3. The van der Waals surface area contributed by atoms with E-state index in [0.29, 0.717) is 22.9 Å². The average Bonchev–Trinajstić information content (AvgIpc) is 3.64. The van der Waals surface area contributed by atoms with Crippen molar-refractivity contribution in [1.29, 1.82) is 0 Å². The smallest absolute Gasteiger partial charge is 0.201 e. The molecule has 9 aromatic rings. The lowest BCUT2D eigenvalue weighted by molar-refractivity contribution is 0.0993. The quantitative estimate of drug-likeness (QED) is 0.0305. The number of carbonyl (C=O) groups is 2. The van der Waals surface area contributed by atoms with Gasteiger partial charge in [-0.15, -0.1) is 21.9 Å². The number of carbonyl (C=O) groups excluding carboxylic acids is 2. The highest BCUT2D eigenvalue weighted by Gasteiger charge is 2.53. The SMILES string of the molecule is Fc1c(F)c(F)c([B-](c2c(F)c(F)c(F)c(F)c2F)(c2c(F)c(F)c(F)c(F)c2F)c2c(F)c(F)c(F)c(F)c2F)c(F)c1F.O=C(C[P+](c1ccccc1)(c1ccccc1)c1ccccc1)c1ccccc1C(=O)c1ccccc1. The standard InChI is InChI=1S/C33H26O2P.C24BF20/c34-32(30-23-13-14-24-31(30)33(35)26-15-5-1-6-16-26)25-36(27-17-7-2-8-18-27,28-19-9-3-10-20-28)29-21-11-4-12-22-29;26-5-1(6(27)14(35)21(42)13(5)34)25(2-7(28)15(36)22(43)16(37)8(2)29,3-9(30)17(38)23(44)18(39)10(3)31)4-11(32)19(40)24(45)20(41)12(4)33/h1-24H,25H2;/q+1;-1. The molecule has 0 fully saturated rings. The zero-order valence-electron chi connectivity index (χ0n) is 40.0. The van der Waals surface area contributed by atoms with E-state index < -0.39 is 152 Å². The summed E-state index contributed by atoms with van der Waals surface area (Å²) in [6.07, 6.45) is -6.92. The Morgan fingerprint density at radius 3 is 0.741 bits per heavy atom. The minimum absolute atomic E-state index is 0.0280. The van der Waals surface area contributed by atoms with Crippen molar-refractivity contribution in [3.05, 3.63) is 279 Å². The number of rotatable bonds is 12. The predicted octanol–water partition coefficient (Wildman–Crippen LogP) is 11.9. The molecule has 0 aliphatic carbocycles. The molecule has 24 heteroatoms. The Morgan fingerprint density at radius 1 is 0.272 bits per heavy atom. The van der Waals surface area contributed by atoms with Gasteiger partial charge in [0.15, 0.2) is 75.6 Å². The van der Waals surface area contributed by atoms with Crippen molar-refractivity contribution >= 4 is 62.7 Å². The highest BCUT2D eigenvalue weighted by molar-refractivity contribution is 7.96. The Labute approximate surface area is 443 Å². The van der Waals surface area contributed by atoms with Gasteiger partial charge in [0.2, 0.25) is 5.78 Å². The highest BCUT2D eigenvalue weighted by atomic mass is 31.2. The maximum atomic E-state index is 15.4. The van der Waals surface area contributed by atoms with Crippen molar-refractivity contribution < 1.29 is 97.4 Å². The summed E-state index contributed by atoms with van der Waals surface area (Å²) in [5, 5.41) is 3.42. The van der Waals surface area contributed by atoms with Crippen molar-refractivity contribution in [2.75, 3.05) is 6.16 Å². The fourth-order valence-electron chi connectivity index (χ4n) is 9.61. The molecule has 0 unspecified atom stereocenters. The largest absolute Gasteiger partial charge is 0.290 e. The van der Waals surface area contributed by atoms with E-state index in [1.54, 1.807) is 24.3 Å². The lowest BCUT2D eigenvalue weighted by atomic mass is 9.12. The van der Waals surface area contributed by atoms with Crippen LogP contribution in [0.3, 0.4) is 0 Å². The zero-order valence-corrected chi connectivity index (χ0v) is 40.9. The van der Waals surface area contributed by atoms with Gasteiger partial charge in [-0.2, -0.15) is 0 Å². The van der Waals surface area contributed by atoms with E-state index in [1.807, 2.05) is 84.9 Å². The third kappa shape index (κ3) is 9.59. The van der Waals surface area contributed by atoms with Crippen LogP contribution in [0.1, 0.15) is 26.3 Å². The van der Waals surface area contributed by atoms with Crippen molar-refractivity contribution in [3.63, 3.8) is 0 Å². The normalized spacial score (nSPS) is 11.6. The molecular formula is C57H26BF20O2P. The van der Waals surface area contributed by atoms with E-state index in [9.17, 15) is 62.3 Å². The maximum absolute atomic E-state index is 15.4. The second-order valence-electron chi connectivity index (χ2n) is 17.4. The monoisotopic (exact) mass is 1160 g/mol. The van der Waals surface area contributed by atoms with Crippen LogP contribution < -0.4 is 37.8 Å². The first-order valence-corrected chi connectivity index (χ1v) is 24.9. The van der Waals surface area contributed by atoms with Crippen LogP contribution in [0.4, 0.5) is 87.8 Å². The molecule has 0 aliphatic heterocycles. The van der Waals surface area contributed by atoms with Gasteiger partial charge in [-0.05, 0) is 36.4 Å². The van der Waals surface area contributed by atoms with Gasteiger partial charge < -0.3 is 0 Å². The Bertz CT molecular complexity index is 3470. The van der Waals surface area contributed by atoms with E-state index in [0.717, 1.165) is 15.9 Å². The van der Waals surface area contributed by atoms with Gasteiger partial charge in [-0.3, -0.25) is 9.59 Å². The molecule has 2 nitrogen and oxygen atoms in total. The number of hydrogen-bond acceptors (Lipinski definition) is 2. The number of Topliss-reactive ketones (excluding diaryl/α,β-unsaturated/α-hetero) is 1. The van der Waals surface area contributed by atoms with Crippen LogP contribution in [0.2, 0.25) is 0 Å². The molecule has 9 aromatic carbocycles. The Morgan fingerprint density at radius 2 is 0.481 bits per heavy atom. The molecular weight excluding hydrogens is 1140 g/mol. The lowest BCUT2D eigenvalue weighted by Gasteiger charge is -2.44. The lowest BCUT2D eigenvalue weighted by Crippen LogP contribution is -2.81. The summed E-state index contributed by atoms with van der Waals surface area (Å²) in [4.78, 5) is 27.6. The van der Waals surface area contributed by atoms with Gasteiger partial charge in [-0.1, -0.05) is 109 Å². The van der Waals surface area contributed by atoms with Gasteiger partial charge in [0.1, 0.15) is 82.0 Å². The van der Waals surface area contributed by atoms with Crippen LogP contribution in [0.25, 0.3) is 0 Å².